The monoisotopic (exact) mass is 332 g/mol. The highest BCUT2D eigenvalue weighted by Crippen LogP contribution is 2.37. The van der Waals surface area contributed by atoms with Crippen LogP contribution in [0.1, 0.15) is 49.4 Å². The maximum atomic E-state index is 5.32. The van der Waals surface area contributed by atoms with Crippen LogP contribution in [0.15, 0.2) is 4.47 Å². The van der Waals surface area contributed by atoms with Gasteiger partial charge in [0.15, 0.2) is 0 Å². The molecule has 1 N–H and O–H groups in total. The van der Waals surface area contributed by atoms with Gasteiger partial charge in [-0.15, -0.1) is 0 Å². The molecule has 1 aliphatic heterocycles. The van der Waals surface area contributed by atoms with E-state index < -0.39 is 0 Å². The van der Waals surface area contributed by atoms with E-state index in [2.05, 4.69) is 32.8 Å². The van der Waals surface area contributed by atoms with Crippen LogP contribution in [0.3, 0.4) is 0 Å². The van der Waals surface area contributed by atoms with Crippen molar-refractivity contribution in [2.75, 3.05) is 5.75 Å². The summed E-state index contributed by atoms with van der Waals surface area (Å²) in [6.45, 7) is 2.18. The van der Waals surface area contributed by atoms with Gasteiger partial charge in [0, 0.05) is 5.69 Å². The summed E-state index contributed by atoms with van der Waals surface area (Å²) in [6.07, 6.45) is 6.00. The van der Waals surface area contributed by atoms with Crippen LogP contribution >= 0.6 is 39.9 Å². The van der Waals surface area contributed by atoms with E-state index in [0.29, 0.717) is 9.89 Å². The highest BCUT2D eigenvalue weighted by Gasteiger charge is 2.19. The molecule has 2 heterocycles. The number of rotatable bonds is 3. The first-order valence-corrected chi connectivity index (χ1v) is 8.37. The first-order valence-electron chi connectivity index (χ1n) is 6.12. The number of nitrogens with zero attached hydrogens (tertiary/aromatic N) is 1. The second kappa shape index (κ2) is 6.34. The number of halogens is 1. The lowest BCUT2D eigenvalue weighted by atomic mass is 10.1. The van der Waals surface area contributed by atoms with Crippen LogP contribution in [0.4, 0.5) is 0 Å². The van der Waals surface area contributed by atoms with Crippen LogP contribution in [-0.2, 0) is 6.42 Å². The van der Waals surface area contributed by atoms with Gasteiger partial charge in [-0.1, -0.05) is 32.0 Å². The number of aromatic amines is 1. The lowest BCUT2D eigenvalue weighted by Gasteiger charge is -2.21. The quantitative estimate of drug-likeness (QED) is 0.805. The van der Waals surface area contributed by atoms with Gasteiger partial charge in [-0.05, 0) is 40.9 Å². The van der Waals surface area contributed by atoms with Crippen LogP contribution in [-0.4, -0.2) is 15.7 Å². The molecule has 2 rings (SSSR count). The zero-order valence-corrected chi connectivity index (χ0v) is 13.2. The normalized spacial score (nSPS) is 20.5. The minimum Gasteiger partial charge on any atom is -0.345 e. The molecule has 2 nitrogen and oxygen atoms in total. The van der Waals surface area contributed by atoms with Crippen molar-refractivity contribution in [2.24, 2.45) is 0 Å². The lowest BCUT2D eigenvalue weighted by Crippen LogP contribution is -2.09. The summed E-state index contributed by atoms with van der Waals surface area (Å²) in [6, 6.07) is 0. The van der Waals surface area contributed by atoms with E-state index in [1.165, 1.54) is 30.7 Å². The van der Waals surface area contributed by atoms with Gasteiger partial charge in [0.25, 0.3) is 0 Å². The van der Waals surface area contributed by atoms with Gasteiger partial charge in [-0.2, -0.15) is 11.8 Å². The Morgan fingerprint density at radius 3 is 3.00 bits per heavy atom. The predicted molar refractivity (Wildman–Crippen MR) is 80.2 cm³/mol. The molecule has 0 amide bonds. The maximum absolute atomic E-state index is 5.32. The number of aryl methyl sites for hydroxylation is 1. The Balaban J connectivity index is 2.30. The van der Waals surface area contributed by atoms with Crippen molar-refractivity contribution >= 4 is 39.9 Å². The van der Waals surface area contributed by atoms with Crippen molar-refractivity contribution in [3.8, 4) is 0 Å². The molecule has 0 aromatic carbocycles. The van der Waals surface area contributed by atoms with Gasteiger partial charge in [0.05, 0.1) is 9.72 Å². The fourth-order valence-electron chi connectivity index (χ4n) is 2.06. The van der Waals surface area contributed by atoms with E-state index >= 15 is 0 Å². The van der Waals surface area contributed by atoms with Crippen molar-refractivity contribution in [3.63, 3.8) is 0 Å². The Bertz CT molecular complexity index is 439. The highest BCUT2D eigenvalue weighted by atomic mass is 79.9. The standard InChI is InChI=1S/C12H17BrN2S2/c1-2-5-8-10(13)12(16)15-11(14-8)9-6-3-4-7-17-9/h9H,2-7H2,1H3,(H,14,15,16). The Kier molecular flexibility index (Phi) is 5.06. The summed E-state index contributed by atoms with van der Waals surface area (Å²) in [7, 11) is 0. The lowest BCUT2D eigenvalue weighted by molar-refractivity contribution is 0.655. The van der Waals surface area contributed by atoms with E-state index in [4.69, 9.17) is 12.2 Å². The summed E-state index contributed by atoms with van der Waals surface area (Å²) in [4.78, 5) is 8.01. The van der Waals surface area contributed by atoms with Crippen molar-refractivity contribution in [1.29, 1.82) is 0 Å². The van der Waals surface area contributed by atoms with Crippen LogP contribution in [0.2, 0.25) is 0 Å². The molecule has 17 heavy (non-hydrogen) atoms. The molecule has 0 aliphatic carbocycles. The summed E-state index contributed by atoms with van der Waals surface area (Å²) >= 11 is 10.9. The van der Waals surface area contributed by atoms with Gasteiger partial charge in [0.2, 0.25) is 0 Å². The molecule has 0 saturated carbocycles. The smallest absolute Gasteiger partial charge is 0.144 e. The molecule has 1 aromatic rings. The molecule has 5 heteroatoms. The number of nitrogens with one attached hydrogen (secondary N) is 1. The van der Waals surface area contributed by atoms with Gasteiger partial charge in [-0.3, -0.25) is 0 Å². The fraction of sp³-hybridized carbons (Fsp3) is 0.667. The molecule has 1 fully saturated rings. The third-order valence-corrected chi connectivity index (χ3v) is 5.74. The third-order valence-electron chi connectivity index (χ3n) is 2.94. The van der Waals surface area contributed by atoms with Gasteiger partial charge >= 0.3 is 0 Å². The first kappa shape index (κ1) is 13.6. The Morgan fingerprint density at radius 1 is 1.53 bits per heavy atom. The third kappa shape index (κ3) is 3.32. The Labute approximate surface area is 120 Å². The zero-order chi connectivity index (χ0) is 12.3. The van der Waals surface area contributed by atoms with Crippen molar-refractivity contribution in [3.05, 3.63) is 20.6 Å². The molecule has 1 atom stereocenters. The number of aromatic nitrogens is 2. The van der Waals surface area contributed by atoms with Crippen LogP contribution in [0.5, 0.6) is 0 Å². The molecule has 1 aromatic heterocycles. The minimum atomic E-state index is 0.508. The Morgan fingerprint density at radius 2 is 2.35 bits per heavy atom. The number of thioether (sulfide) groups is 1. The van der Waals surface area contributed by atoms with E-state index in [1.54, 1.807) is 0 Å². The minimum absolute atomic E-state index is 0.508. The topological polar surface area (TPSA) is 28.7 Å². The van der Waals surface area contributed by atoms with Gasteiger partial charge in [0.1, 0.15) is 10.5 Å². The molecule has 0 radical (unpaired) electrons. The van der Waals surface area contributed by atoms with Crippen LogP contribution in [0.25, 0.3) is 0 Å². The van der Waals surface area contributed by atoms with E-state index in [1.807, 2.05) is 11.8 Å². The SMILES string of the molecule is CCCc1[nH]c(C2CCCCS2)nc(=S)c1Br. The van der Waals surface area contributed by atoms with Crippen molar-refractivity contribution in [2.45, 2.75) is 44.3 Å². The van der Waals surface area contributed by atoms with Gasteiger partial charge < -0.3 is 4.98 Å². The fourth-order valence-corrected chi connectivity index (χ4v) is 3.92. The zero-order valence-electron chi connectivity index (χ0n) is 9.96. The number of hydrogen-bond acceptors (Lipinski definition) is 3. The average molecular weight is 333 g/mol. The summed E-state index contributed by atoms with van der Waals surface area (Å²) in [5, 5.41) is 0.508. The molecule has 1 unspecified atom stereocenters. The first-order chi connectivity index (χ1) is 8.22. The number of H-pyrrole nitrogens is 1. The van der Waals surface area contributed by atoms with E-state index in [0.717, 1.165) is 23.1 Å². The second-order valence-electron chi connectivity index (χ2n) is 4.32. The van der Waals surface area contributed by atoms with Gasteiger partial charge in [-0.25, -0.2) is 4.98 Å². The largest absolute Gasteiger partial charge is 0.345 e. The molecular weight excluding hydrogens is 316 g/mol. The molecule has 94 valence electrons. The number of hydrogen-bond donors (Lipinski definition) is 1. The molecule has 0 spiro atoms. The molecule has 1 saturated heterocycles. The van der Waals surface area contributed by atoms with E-state index in [-0.39, 0.29) is 0 Å². The van der Waals surface area contributed by atoms with Crippen LogP contribution < -0.4 is 0 Å². The van der Waals surface area contributed by atoms with Crippen molar-refractivity contribution in [1.82, 2.24) is 9.97 Å². The summed E-state index contributed by atoms with van der Waals surface area (Å²) in [5.74, 6) is 2.32. The van der Waals surface area contributed by atoms with Crippen LogP contribution in [0, 0.1) is 4.64 Å². The molecular formula is C12H17BrN2S2. The Hall–Kier alpha value is 0.130. The second-order valence-corrected chi connectivity index (χ2v) is 6.82. The summed E-state index contributed by atoms with van der Waals surface area (Å²) in [5.41, 5.74) is 1.20. The highest BCUT2D eigenvalue weighted by molar-refractivity contribution is 9.10. The van der Waals surface area contributed by atoms with E-state index in [9.17, 15) is 0 Å². The summed E-state index contributed by atoms with van der Waals surface area (Å²) < 4.78 is 1.67. The average Bonchev–Trinajstić information content (AvgIpc) is 2.36. The molecule has 1 aliphatic rings. The molecule has 0 bridgehead atoms. The maximum Gasteiger partial charge on any atom is 0.144 e. The predicted octanol–water partition coefficient (Wildman–Crippen LogP) is 4.81. The van der Waals surface area contributed by atoms with Crippen molar-refractivity contribution < 1.29 is 0 Å².